The van der Waals surface area contributed by atoms with Crippen LogP contribution >= 0.6 is 0 Å². The Morgan fingerprint density at radius 2 is 2.00 bits per heavy atom. The van der Waals surface area contributed by atoms with Crippen molar-refractivity contribution in [3.63, 3.8) is 0 Å². The van der Waals surface area contributed by atoms with Gasteiger partial charge in [-0.25, -0.2) is 8.78 Å². The van der Waals surface area contributed by atoms with Gasteiger partial charge in [-0.15, -0.1) is 0 Å². The lowest BCUT2D eigenvalue weighted by Crippen LogP contribution is -2.28. The highest BCUT2D eigenvalue weighted by molar-refractivity contribution is 5.94. The molecule has 1 N–H and O–H groups in total. The zero-order chi connectivity index (χ0) is 20.3. The molecule has 142 valence electrons. The first-order valence-electron chi connectivity index (χ1n) is 8.63. The van der Waals surface area contributed by atoms with Gasteiger partial charge in [-0.2, -0.15) is 10.4 Å². The molecule has 28 heavy (non-hydrogen) atoms. The van der Waals surface area contributed by atoms with Crippen molar-refractivity contribution < 1.29 is 13.6 Å². The first-order chi connectivity index (χ1) is 13.4. The van der Waals surface area contributed by atoms with Crippen molar-refractivity contribution in [3.8, 4) is 6.07 Å². The third-order valence-corrected chi connectivity index (χ3v) is 4.30. The fraction of sp³-hybridized carbons (Fsp3) is 0.190. The number of nitrogens with zero attached hydrogens (tertiary/aromatic N) is 3. The Morgan fingerprint density at radius 1 is 1.21 bits per heavy atom. The molecule has 3 rings (SSSR count). The third kappa shape index (κ3) is 4.23. The number of nitrogens with one attached hydrogen (secondary N) is 1. The van der Waals surface area contributed by atoms with E-state index in [-0.39, 0.29) is 5.56 Å². The summed E-state index contributed by atoms with van der Waals surface area (Å²) in [5.41, 5.74) is 3.02. The Kier molecular flexibility index (Phi) is 5.50. The molecule has 1 aromatic heterocycles. The van der Waals surface area contributed by atoms with Crippen LogP contribution in [0.3, 0.4) is 0 Å². The zero-order valence-corrected chi connectivity index (χ0v) is 15.4. The Bertz CT molecular complexity index is 1070. The number of hydrogen-bond acceptors (Lipinski definition) is 3. The second-order valence-electron chi connectivity index (χ2n) is 6.49. The smallest absolute Gasteiger partial charge is 0.252 e. The van der Waals surface area contributed by atoms with Gasteiger partial charge in [-0.3, -0.25) is 9.48 Å². The minimum atomic E-state index is -1.23. The molecule has 0 bridgehead atoms. The second-order valence-corrected chi connectivity index (χ2v) is 6.49. The van der Waals surface area contributed by atoms with Crippen LogP contribution in [0.2, 0.25) is 0 Å². The molecule has 0 saturated heterocycles. The van der Waals surface area contributed by atoms with Gasteiger partial charge in [0.05, 0.1) is 18.3 Å². The summed E-state index contributed by atoms with van der Waals surface area (Å²) in [6.45, 7) is 4.35. The number of carbonyl (C=O) groups is 1. The van der Waals surface area contributed by atoms with Crippen LogP contribution in [-0.2, 0) is 6.54 Å². The van der Waals surface area contributed by atoms with Gasteiger partial charge in [0.15, 0.2) is 0 Å². The predicted octanol–water partition coefficient (Wildman–Crippen LogP) is 3.82. The molecule has 1 heterocycles. The van der Waals surface area contributed by atoms with E-state index in [4.69, 9.17) is 0 Å². The fourth-order valence-electron chi connectivity index (χ4n) is 2.95. The van der Waals surface area contributed by atoms with Gasteiger partial charge in [-0.05, 0) is 43.7 Å². The van der Waals surface area contributed by atoms with Crippen LogP contribution in [0.1, 0.15) is 38.9 Å². The summed E-state index contributed by atoms with van der Waals surface area (Å²) in [6, 6.07) is 12.4. The van der Waals surface area contributed by atoms with Crippen molar-refractivity contribution in [1.29, 1.82) is 5.26 Å². The molecule has 0 aliphatic heterocycles. The standard InChI is InChI=1S/C21H18F2N4O/c1-13-8-14(2)27(26-13)12-15-4-3-5-16(9-15)21(28)25-20(11-24)18-7-6-17(22)10-19(18)23/h3-10,20H,12H2,1-2H3,(H,25,28). The van der Waals surface area contributed by atoms with Crippen molar-refractivity contribution in [2.24, 2.45) is 0 Å². The van der Waals surface area contributed by atoms with Crippen molar-refractivity contribution in [1.82, 2.24) is 15.1 Å². The molecular weight excluding hydrogens is 362 g/mol. The minimum absolute atomic E-state index is 0.0870. The van der Waals surface area contributed by atoms with Crippen LogP contribution in [0.5, 0.6) is 0 Å². The van der Waals surface area contributed by atoms with Crippen molar-refractivity contribution in [3.05, 3.63) is 88.2 Å². The molecular formula is C21H18F2N4O. The van der Waals surface area contributed by atoms with E-state index in [0.29, 0.717) is 18.2 Å². The molecule has 3 aromatic rings. The molecule has 0 spiro atoms. The molecule has 2 aromatic carbocycles. The van der Waals surface area contributed by atoms with Crippen molar-refractivity contribution in [2.75, 3.05) is 0 Å². The van der Waals surface area contributed by atoms with E-state index in [0.717, 1.165) is 29.1 Å². The van der Waals surface area contributed by atoms with Crippen LogP contribution in [0, 0.1) is 36.8 Å². The molecule has 1 unspecified atom stereocenters. The molecule has 1 amide bonds. The topological polar surface area (TPSA) is 70.7 Å². The van der Waals surface area contributed by atoms with Gasteiger partial charge in [0.25, 0.3) is 5.91 Å². The van der Waals surface area contributed by atoms with E-state index in [1.165, 1.54) is 0 Å². The summed E-state index contributed by atoms with van der Waals surface area (Å²) in [5, 5.41) is 16.2. The SMILES string of the molecule is Cc1cc(C)n(Cc2cccc(C(=O)NC(C#N)c3ccc(F)cc3F)c2)n1. The van der Waals surface area contributed by atoms with Crippen LogP contribution < -0.4 is 5.32 Å². The number of benzene rings is 2. The first-order valence-corrected chi connectivity index (χ1v) is 8.63. The number of rotatable bonds is 5. The van der Waals surface area contributed by atoms with Crippen LogP contribution in [0.15, 0.2) is 48.5 Å². The molecule has 0 aliphatic carbocycles. The maximum Gasteiger partial charge on any atom is 0.252 e. The van der Waals surface area contributed by atoms with Gasteiger partial charge in [0, 0.05) is 22.9 Å². The molecule has 1 atom stereocenters. The number of aromatic nitrogens is 2. The van der Waals surface area contributed by atoms with Crippen LogP contribution in [-0.4, -0.2) is 15.7 Å². The predicted molar refractivity (Wildman–Crippen MR) is 99.4 cm³/mol. The average Bonchev–Trinajstić information content (AvgIpc) is 2.97. The zero-order valence-electron chi connectivity index (χ0n) is 15.4. The first kappa shape index (κ1) is 19.2. The molecule has 0 aliphatic rings. The number of amides is 1. The van der Waals surface area contributed by atoms with Crippen molar-refractivity contribution >= 4 is 5.91 Å². The number of nitriles is 1. The van der Waals surface area contributed by atoms with Gasteiger partial charge >= 0.3 is 0 Å². The van der Waals surface area contributed by atoms with Gasteiger partial charge in [-0.1, -0.05) is 18.2 Å². The number of aryl methyl sites for hydroxylation is 2. The monoisotopic (exact) mass is 380 g/mol. The highest BCUT2D eigenvalue weighted by Crippen LogP contribution is 2.19. The molecule has 7 heteroatoms. The average molecular weight is 380 g/mol. The highest BCUT2D eigenvalue weighted by atomic mass is 19.1. The Morgan fingerprint density at radius 3 is 2.64 bits per heavy atom. The summed E-state index contributed by atoms with van der Waals surface area (Å²) in [4.78, 5) is 12.6. The quantitative estimate of drug-likeness (QED) is 0.731. The van der Waals surface area contributed by atoms with Crippen LogP contribution in [0.4, 0.5) is 8.78 Å². The minimum Gasteiger partial charge on any atom is -0.332 e. The Balaban J connectivity index is 1.78. The maximum atomic E-state index is 13.9. The largest absolute Gasteiger partial charge is 0.332 e. The molecule has 0 fully saturated rings. The molecule has 0 radical (unpaired) electrons. The van der Waals surface area contributed by atoms with Gasteiger partial charge < -0.3 is 5.32 Å². The number of halogens is 2. The summed E-state index contributed by atoms with van der Waals surface area (Å²) >= 11 is 0. The van der Waals surface area contributed by atoms with Gasteiger partial charge in [0.1, 0.15) is 17.7 Å². The number of carbonyl (C=O) groups excluding carboxylic acids is 1. The van der Waals surface area contributed by atoms with Gasteiger partial charge in [0.2, 0.25) is 0 Å². The lowest BCUT2D eigenvalue weighted by atomic mass is 10.1. The van der Waals surface area contributed by atoms with E-state index in [9.17, 15) is 18.8 Å². The van der Waals surface area contributed by atoms with Crippen LogP contribution in [0.25, 0.3) is 0 Å². The summed E-state index contributed by atoms with van der Waals surface area (Å²) in [5.74, 6) is -2.16. The molecule has 0 saturated carbocycles. The van der Waals surface area contributed by atoms with E-state index in [2.05, 4.69) is 10.4 Å². The normalized spacial score (nSPS) is 11.7. The number of hydrogen-bond donors (Lipinski definition) is 1. The second kappa shape index (κ2) is 8.01. The summed E-state index contributed by atoms with van der Waals surface area (Å²) in [6.07, 6.45) is 0. The van der Waals surface area contributed by atoms with E-state index in [1.807, 2.05) is 36.7 Å². The highest BCUT2D eigenvalue weighted by Gasteiger charge is 2.19. The van der Waals surface area contributed by atoms with Crippen molar-refractivity contribution in [2.45, 2.75) is 26.4 Å². The van der Waals surface area contributed by atoms with E-state index in [1.54, 1.807) is 18.2 Å². The lowest BCUT2D eigenvalue weighted by Gasteiger charge is -2.13. The molecule has 5 nitrogen and oxygen atoms in total. The lowest BCUT2D eigenvalue weighted by molar-refractivity contribution is 0.0944. The summed E-state index contributed by atoms with van der Waals surface area (Å²) in [7, 11) is 0. The summed E-state index contributed by atoms with van der Waals surface area (Å²) < 4.78 is 28.8. The Labute approximate surface area is 161 Å². The van der Waals surface area contributed by atoms with E-state index >= 15 is 0 Å². The fourth-order valence-corrected chi connectivity index (χ4v) is 2.95. The Hall–Kier alpha value is -3.53. The maximum absolute atomic E-state index is 13.9. The third-order valence-electron chi connectivity index (χ3n) is 4.30. The van der Waals surface area contributed by atoms with E-state index < -0.39 is 23.6 Å².